The average Bonchev–Trinajstić information content (AvgIpc) is 2.77. The molecule has 0 aromatic heterocycles. The first kappa shape index (κ1) is 16.5. The fourth-order valence-corrected chi connectivity index (χ4v) is 3.62. The van der Waals surface area contributed by atoms with Gasteiger partial charge in [0.15, 0.2) is 0 Å². The largest absolute Gasteiger partial charge is 0.416 e. The van der Waals surface area contributed by atoms with Crippen LogP contribution in [0.5, 0.6) is 0 Å². The number of hydrogen-bond acceptors (Lipinski definition) is 3. The molecule has 1 saturated heterocycles. The molecule has 2 rings (SSSR count). The van der Waals surface area contributed by atoms with Crippen molar-refractivity contribution in [3.63, 3.8) is 0 Å². The van der Waals surface area contributed by atoms with Crippen LogP contribution in [0.15, 0.2) is 30.3 Å². The van der Waals surface area contributed by atoms with Gasteiger partial charge in [0.25, 0.3) is 5.91 Å². The lowest BCUT2D eigenvalue weighted by Crippen LogP contribution is -2.31. The number of benzene rings is 1. The number of sulfonamides is 1. The molecule has 0 unspecified atom stereocenters. The molecular formula is C14H14F3NO3S. The molecule has 0 spiro atoms. The van der Waals surface area contributed by atoms with E-state index in [4.69, 9.17) is 0 Å². The van der Waals surface area contributed by atoms with Crippen LogP contribution in [0.25, 0.3) is 5.57 Å². The summed E-state index contributed by atoms with van der Waals surface area (Å²) in [5.41, 5.74) is -0.322. The summed E-state index contributed by atoms with van der Waals surface area (Å²) >= 11 is 0. The Labute approximate surface area is 126 Å². The fraction of sp³-hybridized carbons (Fsp3) is 0.357. The van der Waals surface area contributed by atoms with E-state index >= 15 is 0 Å². The van der Waals surface area contributed by atoms with Crippen molar-refractivity contribution < 1.29 is 26.4 Å². The summed E-state index contributed by atoms with van der Waals surface area (Å²) in [6.07, 6.45) is -3.05. The van der Waals surface area contributed by atoms with Gasteiger partial charge in [-0.1, -0.05) is 12.1 Å². The number of alkyl halides is 3. The molecule has 1 aromatic rings. The Bertz CT molecular complexity index is 723. The molecule has 8 heteroatoms. The van der Waals surface area contributed by atoms with Gasteiger partial charge in [0.1, 0.15) is 0 Å². The minimum absolute atomic E-state index is 0.0881. The summed E-state index contributed by atoms with van der Waals surface area (Å²) in [5.74, 6) is -0.817. The predicted molar refractivity (Wildman–Crippen MR) is 75.2 cm³/mol. The highest BCUT2D eigenvalue weighted by molar-refractivity contribution is 7.89. The van der Waals surface area contributed by atoms with Gasteiger partial charge in [-0.2, -0.15) is 13.2 Å². The molecule has 0 radical (unpaired) electrons. The van der Waals surface area contributed by atoms with Crippen LogP contribution in [0.3, 0.4) is 0 Å². The molecule has 1 aromatic carbocycles. The van der Waals surface area contributed by atoms with Crippen LogP contribution >= 0.6 is 0 Å². The van der Waals surface area contributed by atoms with Gasteiger partial charge >= 0.3 is 6.18 Å². The van der Waals surface area contributed by atoms with Gasteiger partial charge in [0, 0.05) is 12.6 Å². The highest BCUT2D eigenvalue weighted by Crippen LogP contribution is 2.31. The zero-order valence-corrected chi connectivity index (χ0v) is 12.5. The topological polar surface area (TPSA) is 54.5 Å². The van der Waals surface area contributed by atoms with E-state index in [0.29, 0.717) is 6.42 Å². The third-order valence-electron chi connectivity index (χ3n) is 3.33. The highest BCUT2D eigenvalue weighted by atomic mass is 32.2. The lowest BCUT2D eigenvalue weighted by molar-refractivity contribution is -0.137. The number of amides is 1. The van der Waals surface area contributed by atoms with Gasteiger partial charge in [0.05, 0.1) is 11.3 Å². The summed E-state index contributed by atoms with van der Waals surface area (Å²) in [7, 11) is -3.59. The van der Waals surface area contributed by atoms with Crippen molar-refractivity contribution in [2.45, 2.75) is 19.5 Å². The van der Waals surface area contributed by atoms with Crippen molar-refractivity contribution in [3.05, 3.63) is 41.5 Å². The molecular weight excluding hydrogens is 319 g/mol. The van der Waals surface area contributed by atoms with Crippen molar-refractivity contribution in [1.29, 1.82) is 0 Å². The monoisotopic (exact) mass is 333 g/mol. The van der Waals surface area contributed by atoms with Crippen LogP contribution in [0.1, 0.15) is 24.5 Å². The molecule has 0 bridgehead atoms. The van der Waals surface area contributed by atoms with Gasteiger partial charge in [0.2, 0.25) is 10.0 Å². The van der Waals surface area contributed by atoms with Crippen molar-refractivity contribution in [3.8, 4) is 0 Å². The Kier molecular flexibility index (Phi) is 4.32. The summed E-state index contributed by atoms with van der Waals surface area (Å²) in [6, 6.07) is 4.54. The number of nitrogens with zero attached hydrogens (tertiary/aromatic N) is 1. The van der Waals surface area contributed by atoms with Gasteiger partial charge in [-0.3, -0.25) is 4.79 Å². The quantitative estimate of drug-likeness (QED) is 0.782. The molecule has 4 nitrogen and oxygen atoms in total. The van der Waals surface area contributed by atoms with Crippen LogP contribution in [-0.2, 0) is 21.0 Å². The van der Waals surface area contributed by atoms with Crippen LogP contribution in [0, 0.1) is 0 Å². The van der Waals surface area contributed by atoms with Gasteiger partial charge in [-0.25, -0.2) is 12.7 Å². The third kappa shape index (κ3) is 3.49. The van der Waals surface area contributed by atoms with E-state index in [2.05, 4.69) is 0 Å². The zero-order chi connectivity index (χ0) is 16.5. The maximum Gasteiger partial charge on any atom is 0.416 e. The van der Waals surface area contributed by atoms with Crippen molar-refractivity contribution in [2.75, 3.05) is 12.3 Å². The van der Waals surface area contributed by atoms with E-state index in [-0.39, 0.29) is 23.4 Å². The first-order valence-corrected chi connectivity index (χ1v) is 8.12. The van der Waals surface area contributed by atoms with Gasteiger partial charge in [-0.05, 0) is 36.6 Å². The zero-order valence-electron chi connectivity index (χ0n) is 11.7. The van der Waals surface area contributed by atoms with Crippen LogP contribution < -0.4 is 0 Å². The van der Waals surface area contributed by atoms with E-state index in [9.17, 15) is 26.4 Å². The molecule has 1 aliphatic rings. The number of carbonyl (C=O) groups is 1. The number of halogens is 3. The maximum atomic E-state index is 12.7. The summed E-state index contributed by atoms with van der Waals surface area (Å²) < 4.78 is 62.0. The standard InChI is InChI=1S/C14H14F3NO3S/c1-10(8-13(19)18-6-3-7-22(18,20)21)11-4-2-5-12(9-11)14(15,16)17/h2,4-5,8-9H,3,6-7H2,1H3/b10-8-. The SMILES string of the molecule is C/C(=C/C(=O)N1CCCS1(=O)=O)c1cccc(C(F)(F)F)c1. The lowest BCUT2D eigenvalue weighted by Gasteiger charge is -2.13. The third-order valence-corrected chi connectivity index (χ3v) is 5.17. The summed E-state index contributed by atoms with van der Waals surface area (Å²) in [5, 5.41) is 0. The van der Waals surface area contributed by atoms with E-state index in [1.807, 2.05) is 0 Å². The van der Waals surface area contributed by atoms with Crippen molar-refractivity contribution >= 4 is 21.5 Å². The Morgan fingerprint density at radius 3 is 2.55 bits per heavy atom. The summed E-state index contributed by atoms with van der Waals surface area (Å²) in [4.78, 5) is 12.0. The Hall–Kier alpha value is -1.83. The fourth-order valence-electron chi connectivity index (χ4n) is 2.17. The van der Waals surface area contributed by atoms with E-state index in [1.165, 1.54) is 19.1 Å². The van der Waals surface area contributed by atoms with Crippen molar-refractivity contribution in [1.82, 2.24) is 4.31 Å². The predicted octanol–water partition coefficient (Wildman–Crippen LogP) is 2.67. The van der Waals surface area contributed by atoms with Gasteiger partial charge < -0.3 is 0 Å². The molecule has 0 aliphatic carbocycles. The van der Waals surface area contributed by atoms with E-state index in [1.54, 1.807) is 0 Å². The molecule has 1 amide bonds. The van der Waals surface area contributed by atoms with Gasteiger partial charge in [-0.15, -0.1) is 0 Å². The van der Waals surface area contributed by atoms with E-state index in [0.717, 1.165) is 22.5 Å². The second kappa shape index (κ2) is 5.75. The highest BCUT2D eigenvalue weighted by Gasteiger charge is 2.32. The first-order chi connectivity index (χ1) is 10.1. The lowest BCUT2D eigenvalue weighted by atomic mass is 10.0. The first-order valence-electron chi connectivity index (χ1n) is 6.51. The molecule has 1 fully saturated rings. The Morgan fingerprint density at radius 1 is 1.32 bits per heavy atom. The average molecular weight is 333 g/mol. The van der Waals surface area contributed by atoms with E-state index < -0.39 is 27.7 Å². The second-order valence-corrected chi connectivity index (χ2v) is 7.00. The minimum atomic E-state index is -4.47. The molecule has 1 aliphatic heterocycles. The molecule has 120 valence electrons. The molecule has 0 N–H and O–H groups in total. The number of hydrogen-bond donors (Lipinski definition) is 0. The Morgan fingerprint density at radius 2 is 2.00 bits per heavy atom. The smallest absolute Gasteiger partial charge is 0.269 e. The molecule has 0 atom stereocenters. The maximum absolute atomic E-state index is 12.7. The molecule has 22 heavy (non-hydrogen) atoms. The summed E-state index contributed by atoms with van der Waals surface area (Å²) in [6.45, 7) is 1.57. The normalized spacial score (nSPS) is 18.5. The van der Waals surface area contributed by atoms with Crippen LogP contribution in [-0.4, -0.2) is 30.9 Å². The number of allylic oxidation sites excluding steroid dienone is 1. The number of carbonyl (C=O) groups excluding carboxylic acids is 1. The molecule has 0 saturated carbocycles. The second-order valence-electron chi connectivity index (χ2n) is 4.99. The van der Waals surface area contributed by atoms with Crippen LogP contribution in [0.2, 0.25) is 0 Å². The Balaban J connectivity index is 2.28. The molecule has 1 heterocycles. The minimum Gasteiger partial charge on any atom is -0.269 e. The number of rotatable bonds is 2. The van der Waals surface area contributed by atoms with Crippen molar-refractivity contribution in [2.24, 2.45) is 0 Å². The van der Waals surface area contributed by atoms with Crippen LogP contribution in [0.4, 0.5) is 13.2 Å².